The highest BCUT2D eigenvalue weighted by Crippen LogP contribution is 2.21. The van der Waals surface area contributed by atoms with E-state index in [4.69, 9.17) is 17.3 Å². The summed E-state index contributed by atoms with van der Waals surface area (Å²) in [6, 6.07) is 4.85. The summed E-state index contributed by atoms with van der Waals surface area (Å²) in [6.45, 7) is 7.96. The molecule has 0 radical (unpaired) electrons. The van der Waals surface area contributed by atoms with Crippen LogP contribution in [0.2, 0.25) is 5.02 Å². The molecule has 4 N–H and O–H groups in total. The lowest BCUT2D eigenvalue weighted by molar-refractivity contribution is -0.118. The number of hydrogen-bond donors (Lipinski definition) is 3. The van der Waals surface area contributed by atoms with E-state index >= 15 is 0 Å². The van der Waals surface area contributed by atoms with Gasteiger partial charge in [0.05, 0.1) is 10.6 Å². The van der Waals surface area contributed by atoms with Crippen LogP contribution in [0.25, 0.3) is 0 Å². The Morgan fingerprint density at radius 3 is 2.33 bits per heavy atom. The van der Waals surface area contributed by atoms with E-state index in [1.54, 1.807) is 32.0 Å². The number of rotatable bonds is 7. The Kier molecular flexibility index (Phi) is 9.33. The summed E-state index contributed by atoms with van der Waals surface area (Å²) < 4.78 is 0. The van der Waals surface area contributed by atoms with Gasteiger partial charge in [-0.3, -0.25) is 9.59 Å². The number of anilines is 1. The first-order chi connectivity index (χ1) is 10.7. The molecule has 1 aromatic rings. The summed E-state index contributed by atoms with van der Waals surface area (Å²) in [5, 5.41) is 5.91. The number of benzene rings is 1. The third kappa shape index (κ3) is 6.30. The van der Waals surface area contributed by atoms with E-state index in [1.165, 1.54) is 0 Å². The van der Waals surface area contributed by atoms with E-state index in [1.807, 2.05) is 13.8 Å². The molecule has 0 unspecified atom stereocenters. The van der Waals surface area contributed by atoms with Crippen LogP contribution in [0.3, 0.4) is 0 Å². The minimum Gasteiger partial charge on any atom is -0.350 e. The predicted octanol–water partition coefficient (Wildman–Crippen LogP) is 3.60. The van der Waals surface area contributed by atoms with Crippen molar-refractivity contribution < 1.29 is 9.59 Å². The number of halogens is 2. The maximum absolute atomic E-state index is 12.4. The lowest BCUT2D eigenvalue weighted by atomic mass is 9.94. The summed E-state index contributed by atoms with van der Waals surface area (Å²) in [5.74, 6) is -0.557. The van der Waals surface area contributed by atoms with Gasteiger partial charge < -0.3 is 16.4 Å². The maximum atomic E-state index is 12.4. The van der Waals surface area contributed by atoms with Gasteiger partial charge in [-0.1, -0.05) is 39.3 Å². The minimum absolute atomic E-state index is 0. The van der Waals surface area contributed by atoms with E-state index in [0.29, 0.717) is 22.8 Å². The minimum atomic E-state index is -0.425. The Bertz CT molecular complexity index is 573. The first-order valence-electron chi connectivity index (χ1n) is 7.90. The quantitative estimate of drug-likeness (QED) is 0.680. The molecule has 0 aliphatic rings. The molecule has 0 fully saturated rings. The molecule has 0 heterocycles. The average Bonchev–Trinajstić information content (AvgIpc) is 2.53. The van der Waals surface area contributed by atoms with Gasteiger partial charge in [0.25, 0.3) is 5.91 Å². The van der Waals surface area contributed by atoms with E-state index in [9.17, 15) is 9.59 Å². The molecule has 0 atom stereocenters. The van der Waals surface area contributed by atoms with Crippen LogP contribution >= 0.6 is 24.0 Å². The standard InChI is InChI=1S/C17H26ClN3O2.ClH/c1-5-17(19,6-2)10-20-16(23)13-9-12(7-8-14(13)18)21-15(22)11(3)4;/h7-9,11H,5-6,10,19H2,1-4H3,(H,20,23)(H,21,22);1H. The molecule has 5 nitrogen and oxygen atoms in total. The second-order valence-electron chi connectivity index (χ2n) is 6.09. The first-order valence-corrected chi connectivity index (χ1v) is 8.27. The van der Waals surface area contributed by atoms with Crippen LogP contribution in [0.5, 0.6) is 0 Å². The highest BCUT2D eigenvalue weighted by Gasteiger charge is 2.22. The van der Waals surface area contributed by atoms with Crippen molar-refractivity contribution in [2.24, 2.45) is 11.7 Å². The summed E-state index contributed by atoms with van der Waals surface area (Å²) >= 11 is 6.10. The molecule has 1 rings (SSSR count). The molecule has 2 amide bonds. The van der Waals surface area contributed by atoms with Gasteiger partial charge in [-0.25, -0.2) is 0 Å². The Morgan fingerprint density at radius 2 is 1.83 bits per heavy atom. The summed E-state index contributed by atoms with van der Waals surface area (Å²) in [7, 11) is 0. The topological polar surface area (TPSA) is 84.2 Å². The second-order valence-corrected chi connectivity index (χ2v) is 6.50. The molecule has 136 valence electrons. The van der Waals surface area contributed by atoms with E-state index in [-0.39, 0.29) is 30.1 Å². The van der Waals surface area contributed by atoms with Crippen molar-refractivity contribution in [2.45, 2.75) is 46.1 Å². The molecule has 0 saturated carbocycles. The van der Waals surface area contributed by atoms with Crippen molar-refractivity contribution >= 4 is 41.5 Å². The average molecular weight is 376 g/mol. The molecule has 7 heteroatoms. The lowest BCUT2D eigenvalue weighted by Gasteiger charge is -2.26. The van der Waals surface area contributed by atoms with E-state index in [0.717, 1.165) is 12.8 Å². The number of hydrogen-bond acceptors (Lipinski definition) is 3. The van der Waals surface area contributed by atoms with Crippen molar-refractivity contribution in [2.75, 3.05) is 11.9 Å². The van der Waals surface area contributed by atoms with Crippen LogP contribution in [-0.4, -0.2) is 23.9 Å². The Morgan fingerprint density at radius 1 is 1.25 bits per heavy atom. The molecule has 0 aromatic heterocycles. The Labute approximate surface area is 155 Å². The fourth-order valence-corrected chi connectivity index (χ4v) is 2.12. The zero-order chi connectivity index (χ0) is 17.6. The number of carbonyl (C=O) groups is 2. The number of amides is 2. The molecule has 0 aliphatic carbocycles. The molecule has 0 bridgehead atoms. The van der Waals surface area contributed by atoms with Crippen LogP contribution in [0.4, 0.5) is 5.69 Å². The van der Waals surface area contributed by atoms with E-state index in [2.05, 4.69) is 10.6 Å². The molecule has 0 aliphatic heterocycles. The molecule has 0 saturated heterocycles. The van der Waals surface area contributed by atoms with Crippen LogP contribution in [-0.2, 0) is 4.79 Å². The van der Waals surface area contributed by atoms with E-state index < -0.39 is 5.54 Å². The van der Waals surface area contributed by atoms with Crippen LogP contribution in [0.15, 0.2) is 18.2 Å². The summed E-state index contributed by atoms with van der Waals surface area (Å²) in [6.07, 6.45) is 1.53. The van der Waals surface area contributed by atoms with Crippen molar-refractivity contribution in [3.63, 3.8) is 0 Å². The zero-order valence-corrected chi connectivity index (χ0v) is 16.2. The first kappa shape index (κ1) is 22.7. The highest BCUT2D eigenvalue weighted by atomic mass is 35.5. The van der Waals surface area contributed by atoms with Gasteiger partial charge in [-0.2, -0.15) is 0 Å². The largest absolute Gasteiger partial charge is 0.350 e. The van der Waals surface area contributed by atoms with Gasteiger partial charge in [0.1, 0.15) is 0 Å². The van der Waals surface area contributed by atoms with Crippen molar-refractivity contribution in [1.82, 2.24) is 5.32 Å². The Balaban J connectivity index is 0.00000529. The fraction of sp³-hybridized carbons (Fsp3) is 0.529. The fourth-order valence-electron chi connectivity index (χ4n) is 1.92. The molecular weight excluding hydrogens is 349 g/mol. The van der Waals surface area contributed by atoms with Gasteiger partial charge in [0, 0.05) is 23.7 Å². The van der Waals surface area contributed by atoms with Gasteiger partial charge in [0.2, 0.25) is 5.91 Å². The SMILES string of the molecule is CCC(N)(CC)CNC(=O)c1cc(NC(=O)C(C)C)ccc1Cl.Cl. The normalized spacial score (nSPS) is 11.0. The monoisotopic (exact) mass is 375 g/mol. The summed E-state index contributed by atoms with van der Waals surface area (Å²) in [4.78, 5) is 24.1. The van der Waals surface area contributed by atoms with Crippen molar-refractivity contribution in [3.05, 3.63) is 28.8 Å². The number of carbonyl (C=O) groups excluding carboxylic acids is 2. The third-order valence-electron chi connectivity index (χ3n) is 4.01. The molecular formula is C17H27Cl2N3O2. The highest BCUT2D eigenvalue weighted by molar-refractivity contribution is 6.34. The van der Waals surface area contributed by atoms with Crippen LogP contribution in [0.1, 0.15) is 50.9 Å². The molecule has 24 heavy (non-hydrogen) atoms. The molecule has 0 spiro atoms. The van der Waals surface area contributed by atoms with Gasteiger partial charge >= 0.3 is 0 Å². The number of nitrogens with one attached hydrogen (secondary N) is 2. The van der Waals surface area contributed by atoms with Gasteiger partial charge in [-0.15, -0.1) is 12.4 Å². The lowest BCUT2D eigenvalue weighted by Crippen LogP contribution is -2.49. The van der Waals surface area contributed by atoms with Gasteiger partial charge in [0.15, 0.2) is 0 Å². The second kappa shape index (κ2) is 9.87. The van der Waals surface area contributed by atoms with Crippen LogP contribution < -0.4 is 16.4 Å². The predicted molar refractivity (Wildman–Crippen MR) is 102 cm³/mol. The Hall–Kier alpha value is -1.30. The van der Waals surface area contributed by atoms with Crippen LogP contribution in [0, 0.1) is 5.92 Å². The third-order valence-corrected chi connectivity index (χ3v) is 4.34. The molecule has 1 aromatic carbocycles. The van der Waals surface area contributed by atoms with Gasteiger partial charge in [-0.05, 0) is 31.0 Å². The number of nitrogens with two attached hydrogens (primary N) is 1. The summed E-state index contributed by atoms with van der Waals surface area (Å²) in [5.41, 5.74) is 6.63. The van der Waals surface area contributed by atoms with Crippen molar-refractivity contribution in [3.8, 4) is 0 Å². The van der Waals surface area contributed by atoms with Crippen molar-refractivity contribution in [1.29, 1.82) is 0 Å². The zero-order valence-electron chi connectivity index (χ0n) is 14.6. The maximum Gasteiger partial charge on any atom is 0.252 e. The smallest absolute Gasteiger partial charge is 0.252 e.